The Morgan fingerprint density at radius 3 is 2.59 bits per heavy atom. The van der Waals surface area contributed by atoms with Gasteiger partial charge in [-0.25, -0.2) is 0 Å². The number of nitrogens with one attached hydrogen (secondary N) is 1. The van der Waals surface area contributed by atoms with E-state index in [9.17, 15) is 0 Å². The Kier molecular flexibility index (Phi) is 5.60. The molecule has 0 aromatic carbocycles. The molecule has 2 nitrogen and oxygen atoms in total. The lowest BCUT2D eigenvalue weighted by Crippen LogP contribution is -2.33. The Balaban J connectivity index is 2.72. The van der Waals surface area contributed by atoms with Gasteiger partial charge in [-0.3, -0.25) is 4.98 Å². The van der Waals surface area contributed by atoms with Crippen LogP contribution in [-0.4, -0.2) is 18.1 Å². The second kappa shape index (κ2) is 6.50. The first-order valence-electron chi connectivity index (χ1n) is 6.23. The molecule has 17 heavy (non-hydrogen) atoms. The van der Waals surface area contributed by atoms with Gasteiger partial charge in [0, 0.05) is 16.9 Å². The van der Waals surface area contributed by atoms with Gasteiger partial charge >= 0.3 is 0 Å². The summed E-state index contributed by atoms with van der Waals surface area (Å²) in [6.45, 7) is 11.2. The third-order valence-corrected chi connectivity index (χ3v) is 3.54. The lowest BCUT2D eigenvalue weighted by molar-refractivity contribution is 0.232. The summed E-state index contributed by atoms with van der Waals surface area (Å²) < 4.78 is 1.06. The number of aromatic nitrogens is 1. The Hall–Kier alpha value is -0.410. The fourth-order valence-corrected chi connectivity index (χ4v) is 2.27. The van der Waals surface area contributed by atoms with Crippen molar-refractivity contribution < 1.29 is 0 Å². The van der Waals surface area contributed by atoms with E-state index in [1.807, 2.05) is 12.4 Å². The SMILES string of the molecule is CCNCC(Cc1cncc(Br)c1)C(C)(C)C. The molecule has 1 rings (SSSR count). The molecule has 0 saturated heterocycles. The van der Waals surface area contributed by atoms with Crippen molar-refractivity contribution in [2.45, 2.75) is 34.1 Å². The van der Waals surface area contributed by atoms with Gasteiger partial charge < -0.3 is 5.32 Å². The normalized spacial score (nSPS) is 13.7. The molecule has 0 spiro atoms. The molecule has 1 aromatic heterocycles. The molecule has 0 aliphatic carbocycles. The molecular formula is C14H23BrN2. The Morgan fingerprint density at radius 2 is 2.06 bits per heavy atom. The third-order valence-electron chi connectivity index (χ3n) is 3.11. The van der Waals surface area contributed by atoms with Gasteiger partial charge in [-0.2, -0.15) is 0 Å². The molecule has 0 fully saturated rings. The predicted octanol–water partition coefficient (Wildman–Crippen LogP) is 3.66. The number of halogens is 1. The minimum atomic E-state index is 0.310. The summed E-state index contributed by atoms with van der Waals surface area (Å²) in [5.74, 6) is 0.624. The van der Waals surface area contributed by atoms with E-state index in [-0.39, 0.29) is 0 Å². The van der Waals surface area contributed by atoms with Crippen molar-refractivity contribution in [2.24, 2.45) is 11.3 Å². The lowest BCUT2D eigenvalue weighted by Gasteiger charge is -2.31. The van der Waals surface area contributed by atoms with Crippen molar-refractivity contribution in [3.63, 3.8) is 0 Å². The maximum Gasteiger partial charge on any atom is 0.0410 e. The molecule has 0 aliphatic heterocycles. The highest BCUT2D eigenvalue weighted by molar-refractivity contribution is 9.10. The van der Waals surface area contributed by atoms with Gasteiger partial charge in [0.1, 0.15) is 0 Å². The molecule has 0 saturated carbocycles. The number of rotatable bonds is 5. The van der Waals surface area contributed by atoms with Crippen molar-refractivity contribution in [1.82, 2.24) is 10.3 Å². The van der Waals surface area contributed by atoms with Crippen LogP contribution in [-0.2, 0) is 6.42 Å². The summed E-state index contributed by atoms with van der Waals surface area (Å²) in [7, 11) is 0. The molecule has 96 valence electrons. The summed E-state index contributed by atoms with van der Waals surface area (Å²) in [6, 6.07) is 2.16. The second-order valence-corrected chi connectivity index (χ2v) is 6.50. The maximum absolute atomic E-state index is 4.23. The fourth-order valence-electron chi connectivity index (χ4n) is 1.86. The first-order valence-corrected chi connectivity index (χ1v) is 7.03. The van der Waals surface area contributed by atoms with Crippen LogP contribution in [0, 0.1) is 11.3 Å². The summed E-state index contributed by atoms with van der Waals surface area (Å²) in [6.07, 6.45) is 4.87. The standard InChI is InChI=1S/C14H23BrN2/c1-5-16-9-12(14(2,3)4)6-11-7-13(15)10-17-8-11/h7-8,10,12,16H,5-6,9H2,1-4H3. The van der Waals surface area contributed by atoms with Gasteiger partial charge in [0.25, 0.3) is 0 Å². The van der Waals surface area contributed by atoms with E-state index in [0.29, 0.717) is 11.3 Å². The van der Waals surface area contributed by atoms with Gasteiger partial charge in [-0.1, -0.05) is 27.7 Å². The molecule has 0 amide bonds. The molecule has 1 aromatic rings. The van der Waals surface area contributed by atoms with Gasteiger partial charge in [-0.15, -0.1) is 0 Å². The van der Waals surface area contributed by atoms with Crippen LogP contribution in [0.1, 0.15) is 33.3 Å². The van der Waals surface area contributed by atoms with E-state index in [1.165, 1.54) is 5.56 Å². The molecule has 1 unspecified atom stereocenters. The number of hydrogen-bond donors (Lipinski definition) is 1. The van der Waals surface area contributed by atoms with E-state index >= 15 is 0 Å². The van der Waals surface area contributed by atoms with Gasteiger partial charge in [-0.05, 0) is 58.4 Å². The Labute approximate surface area is 113 Å². The van der Waals surface area contributed by atoms with Crippen molar-refractivity contribution in [1.29, 1.82) is 0 Å². The highest BCUT2D eigenvalue weighted by atomic mass is 79.9. The zero-order valence-electron chi connectivity index (χ0n) is 11.3. The van der Waals surface area contributed by atoms with Crippen LogP contribution < -0.4 is 5.32 Å². The first-order chi connectivity index (χ1) is 7.93. The summed E-state index contributed by atoms with van der Waals surface area (Å²) in [5, 5.41) is 3.46. The number of hydrogen-bond acceptors (Lipinski definition) is 2. The minimum absolute atomic E-state index is 0.310. The monoisotopic (exact) mass is 298 g/mol. The van der Waals surface area contributed by atoms with E-state index < -0.39 is 0 Å². The largest absolute Gasteiger partial charge is 0.317 e. The van der Waals surface area contributed by atoms with Crippen LogP contribution in [0.5, 0.6) is 0 Å². The molecule has 3 heteroatoms. The van der Waals surface area contributed by atoms with Crippen LogP contribution in [0.4, 0.5) is 0 Å². The molecule has 1 N–H and O–H groups in total. The van der Waals surface area contributed by atoms with E-state index in [4.69, 9.17) is 0 Å². The van der Waals surface area contributed by atoms with E-state index in [0.717, 1.165) is 24.0 Å². The van der Waals surface area contributed by atoms with Crippen molar-refractivity contribution in [2.75, 3.05) is 13.1 Å². The zero-order chi connectivity index (χ0) is 12.9. The average molecular weight is 299 g/mol. The van der Waals surface area contributed by atoms with Crippen molar-refractivity contribution in [3.8, 4) is 0 Å². The summed E-state index contributed by atoms with van der Waals surface area (Å²) >= 11 is 3.48. The molecular weight excluding hydrogens is 276 g/mol. The van der Waals surface area contributed by atoms with Crippen LogP contribution in [0.25, 0.3) is 0 Å². The third kappa shape index (κ3) is 5.17. The van der Waals surface area contributed by atoms with Crippen LogP contribution in [0.3, 0.4) is 0 Å². The number of nitrogens with zero attached hydrogens (tertiary/aromatic N) is 1. The average Bonchev–Trinajstić information content (AvgIpc) is 2.22. The quantitative estimate of drug-likeness (QED) is 0.897. The first kappa shape index (κ1) is 14.7. The predicted molar refractivity (Wildman–Crippen MR) is 77.1 cm³/mol. The van der Waals surface area contributed by atoms with Crippen molar-refractivity contribution >= 4 is 15.9 Å². The Bertz CT molecular complexity index is 344. The molecule has 0 bridgehead atoms. The van der Waals surface area contributed by atoms with Crippen LogP contribution >= 0.6 is 15.9 Å². The Morgan fingerprint density at radius 1 is 1.35 bits per heavy atom. The van der Waals surface area contributed by atoms with Crippen LogP contribution in [0.2, 0.25) is 0 Å². The topological polar surface area (TPSA) is 24.9 Å². The van der Waals surface area contributed by atoms with E-state index in [1.54, 1.807) is 0 Å². The second-order valence-electron chi connectivity index (χ2n) is 5.59. The molecule has 0 radical (unpaired) electrons. The summed E-state index contributed by atoms with van der Waals surface area (Å²) in [5.41, 5.74) is 1.61. The molecule has 1 atom stereocenters. The van der Waals surface area contributed by atoms with Gasteiger partial charge in [0.05, 0.1) is 0 Å². The highest BCUT2D eigenvalue weighted by Crippen LogP contribution is 2.29. The zero-order valence-corrected chi connectivity index (χ0v) is 12.8. The lowest BCUT2D eigenvalue weighted by atomic mass is 9.77. The highest BCUT2D eigenvalue weighted by Gasteiger charge is 2.24. The maximum atomic E-state index is 4.23. The van der Waals surface area contributed by atoms with Crippen LogP contribution in [0.15, 0.2) is 22.9 Å². The fraction of sp³-hybridized carbons (Fsp3) is 0.643. The van der Waals surface area contributed by atoms with E-state index in [2.05, 4.69) is 60.0 Å². The van der Waals surface area contributed by atoms with Gasteiger partial charge in [0.15, 0.2) is 0 Å². The number of pyridine rings is 1. The molecule has 0 aliphatic rings. The van der Waals surface area contributed by atoms with Gasteiger partial charge in [0.2, 0.25) is 0 Å². The smallest absolute Gasteiger partial charge is 0.0410 e. The summed E-state index contributed by atoms with van der Waals surface area (Å²) in [4.78, 5) is 4.23. The minimum Gasteiger partial charge on any atom is -0.317 e. The molecule has 1 heterocycles. The van der Waals surface area contributed by atoms with Crippen molar-refractivity contribution in [3.05, 3.63) is 28.5 Å².